The van der Waals surface area contributed by atoms with Gasteiger partial charge in [0.15, 0.2) is 5.11 Å². The fourth-order valence-electron chi connectivity index (χ4n) is 3.11. The highest BCUT2D eigenvalue weighted by Gasteiger charge is 2.26. The molecule has 0 spiro atoms. The molecule has 0 saturated carbocycles. The van der Waals surface area contributed by atoms with E-state index >= 15 is 0 Å². The molecule has 1 amide bonds. The fraction of sp³-hybridized carbons (Fsp3) is 0.263. The third kappa shape index (κ3) is 5.10. The number of piperazine rings is 1. The molecule has 2 aromatic carbocycles. The van der Waals surface area contributed by atoms with E-state index in [1.54, 1.807) is 24.3 Å². The number of anilines is 1. The zero-order valence-electron chi connectivity index (χ0n) is 15.9. The molecule has 1 fully saturated rings. The Hall–Kier alpha value is -2.18. The quantitative estimate of drug-likeness (QED) is 0.264. The summed E-state index contributed by atoms with van der Waals surface area (Å²) in [6, 6.07) is 9.98. The van der Waals surface area contributed by atoms with Gasteiger partial charge in [0.25, 0.3) is 11.6 Å². The van der Waals surface area contributed by atoms with E-state index in [1.165, 1.54) is 13.2 Å². The van der Waals surface area contributed by atoms with Gasteiger partial charge in [-0.15, -0.1) is 0 Å². The molecule has 30 heavy (non-hydrogen) atoms. The average molecular weight is 561 g/mol. The molecular weight excluding hydrogens is 543 g/mol. The third-order valence-electron chi connectivity index (χ3n) is 4.68. The van der Waals surface area contributed by atoms with Crippen LogP contribution >= 0.6 is 46.4 Å². The van der Waals surface area contributed by atoms with Crippen LogP contribution in [0.1, 0.15) is 10.4 Å². The lowest BCUT2D eigenvalue weighted by atomic mass is 10.2. The molecule has 0 atom stereocenters. The number of thiocarbonyl (C=S) groups is 1. The molecule has 3 rings (SSSR count). The second-order valence-corrected chi connectivity index (χ2v) is 8.51. The van der Waals surface area contributed by atoms with E-state index in [0.29, 0.717) is 53.3 Å². The molecule has 1 aliphatic heterocycles. The van der Waals surface area contributed by atoms with Crippen LogP contribution in [0.3, 0.4) is 0 Å². The van der Waals surface area contributed by atoms with E-state index < -0.39 is 4.92 Å². The van der Waals surface area contributed by atoms with Gasteiger partial charge in [-0.3, -0.25) is 20.2 Å². The Balaban J connectivity index is 1.64. The van der Waals surface area contributed by atoms with E-state index in [-0.39, 0.29) is 11.6 Å². The Kier molecular flexibility index (Phi) is 7.32. The fourth-order valence-corrected chi connectivity index (χ4v) is 4.08. The van der Waals surface area contributed by atoms with Crippen LogP contribution in [0, 0.1) is 13.7 Å². The molecule has 2 aromatic rings. The van der Waals surface area contributed by atoms with Gasteiger partial charge in [0.05, 0.1) is 28.7 Å². The van der Waals surface area contributed by atoms with Crippen LogP contribution in [0.25, 0.3) is 0 Å². The molecule has 1 N–H and O–H groups in total. The number of carbonyl (C=O) groups excluding carboxylic acids is 1. The van der Waals surface area contributed by atoms with E-state index in [2.05, 4.69) is 27.9 Å². The first-order chi connectivity index (χ1) is 14.3. The molecule has 1 saturated heterocycles. The smallest absolute Gasteiger partial charge is 0.296 e. The lowest BCUT2D eigenvalue weighted by Gasteiger charge is -2.37. The maximum absolute atomic E-state index is 12.5. The number of methoxy groups -OCH3 is 1. The van der Waals surface area contributed by atoms with Crippen molar-refractivity contribution in [2.24, 2.45) is 0 Å². The Morgan fingerprint density at radius 3 is 2.57 bits per heavy atom. The number of nitrogens with one attached hydrogen (secondary N) is 1. The molecule has 1 aliphatic rings. The third-order valence-corrected chi connectivity index (χ3v) is 6.04. The molecule has 0 bridgehead atoms. The van der Waals surface area contributed by atoms with Crippen LogP contribution in [0.5, 0.6) is 5.75 Å². The second kappa shape index (κ2) is 9.75. The summed E-state index contributed by atoms with van der Waals surface area (Å²) in [7, 11) is 1.47. The van der Waals surface area contributed by atoms with Crippen molar-refractivity contribution >= 4 is 68.8 Å². The normalized spacial score (nSPS) is 13.7. The summed E-state index contributed by atoms with van der Waals surface area (Å²) in [4.78, 5) is 27.3. The molecule has 158 valence electrons. The van der Waals surface area contributed by atoms with Crippen LogP contribution < -0.4 is 15.0 Å². The topological polar surface area (TPSA) is 88.0 Å². The summed E-state index contributed by atoms with van der Waals surface area (Å²) in [5, 5.41) is 14.8. The predicted octanol–water partition coefficient (Wildman–Crippen LogP) is 3.70. The minimum Gasteiger partial charge on any atom is -0.496 e. The molecule has 11 heteroatoms. The Bertz CT molecular complexity index is 998. The predicted molar refractivity (Wildman–Crippen MR) is 128 cm³/mol. The monoisotopic (exact) mass is 560 g/mol. The van der Waals surface area contributed by atoms with Crippen LogP contribution in [0.2, 0.25) is 5.02 Å². The number of halogens is 2. The number of rotatable bonds is 4. The van der Waals surface area contributed by atoms with Gasteiger partial charge in [0, 0.05) is 29.7 Å². The van der Waals surface area contributed by atoms with Crippen molar-refractivity contribution in [3.8, 4) is 5.75 Å². The largest absolute Gasteiger partial charge is 0.496 e. The highest BCUT2D eigenvalue weighted by Crippen LogP contribution is 2.32. The van der Waals surface area contributed by atoms with Gasteiger partial charge in [0.2, 0.25) is 0 Å². The van der Waals surface area contributed by atoms with Crippen LogP contribution in [0.15, 0.2) is 36.4 Å². The van der Waals surface area contributed by atoms with E-state index in [1.807, 2.05) is 15.9 Å². The Labute approximate surface area is 197 Å². The number of hydrogen-bond donors (Lipinski definition) is 1. The standard InChI is InChI=1S/C19H18ClIN4O4S/c1-29-13-3-5-16(17(11-13)25(27)28)23-6-8-24(9-7-23)19(30)22-18(26)14-10-12(21)2-4-15(14)20/h2-5,10-11H,6-9H2,1H3,(H,22,26,30). The van der Waals surface area contributed by atoms with Crippen molar-refractivity contribution in [2.75, 3.05) is 38.2 Å². The number of ether oxygens (including phenoxy) is 1. The van der Waals surface area contributed by atoms with Gasteiger partial charge >= 0.3 is 0 Å². The maximum Gasteiger partial charge on any atom is 0.296 e. The zero-order valence-corrected chi connectivity index (χ0v) is 19.7. The van der Waals surface area contributed by atoms with Crippen molar-refractivity contribution in [3.05, 3.63) is 60.7 Å². The molecule has 0 unspecified atom stereocenters. The number of nitro groups is 1. The van der Waals surface area contributed by atoms with Gasteiger partial charge < -0.3 is 14.5 Å². The Morgan fingerprint density at radius 2 is 1.93 bits per heavy atom. The summed E-state index contributed by atoms with van der Waals surface area (Å²) in [5.41, 5.74) is 0.881. The van der Waals surface area contributed by atoms with Crippen molar-refractivity contribution in [2.45, 2.75) is 0 Å². The molecule has 8 nitrogen and oxygen atoms in total. The van der Waals surface area contributed by atoms with E-state index in [9.17, 15) is 14.9 Å². The lowest BCUT2D eigenvalue weighted by molar-refractivity contribution is -0.384. The van der Waals surface area contributed by atoms with Crippen molar-refractivity contribution in [1.29, 1.82) is 0 Å². The summed E-state index contributed by atoms with van der Waals surface area (Å²) in [6.45, 7) is 2.07. The number of hydrogen-bond acceptors (Lipinski definition) is 6. The maximum atomic E-state index is 12.5. The van der Waals surface area contributed by atoms with Gasteiger partial charge in [-0.1, -0.05) is 11.6 Å². The van der Waals surface area contributed by atoms with Gasteiger partial charge in [-0.25, -0.2) is 0 Å². The molecule has 0 aliphatic carbocycles. The summed E-state index contributed by atoms with van der Waals surface area (Å²) >= 11 is 13.6. The SMILES string of the molecule is COc1ccc(N2CCN(C(=S)NC(=O)c3cc(I)ccc3Cl)CC2)c([N+](=O)[O-])c1. The first-order valence-corrected chi connectivity index (χ1v) is 10.8. The minimum absolute atomic E-state index is 0.00741. The first-order valence-electron chi connectivity index (χ1n) is 8.93. The highest BCUT2D eigenvalue weighted by molar-refractivity contribution is 14.1. The van der Waals surface area contributed by atoms with Gasteiger partial charge in [-0.2, -0.15) is 0 Å². The number of benzene rings is 2. The van der Waals surface area contributed by atoms with Crippen LogP contribution in [-0.4, -0.2) is 54.1 Å². The number of nitrogens with zero attached hydrogens (tertiary/aromatic N) is 3. The zero-order chi connectivity index (χ0) is 21.8. The summed E-state index contributed by atoms with van der Waals surface area (Å²) in [5.74, 6) is 0.0685. The van der Waals surface area contributed by atoms with E-state index in [4.69, 9.17) is 28.6 Å². The van der Waals surface area contributed by atoms with Crippen molar-refractivity contribution in [3.63, 3.8) is 0 Å². The van der Waals surface area contributed by atoms with Crippen LogP contribution in [-0.2, 0) is 0 Å². The summed E-state index contributed by atoms with van der Waals surface area (Å²) in [6.07, 6.45) is 0. The number of amides is 1. The van der Waals surface area contributed by atoms with Gasteiger partial charge in [0.1, 0.15) is 11.4 Å². The molecular formula is C19H18ClIN4O4S. The minimum atomic E-state index is -0.417. The summed E-state index contributed by atoms with van der Waals surface area (Å²) < 4.78 is 5.98. The highest BCUT2D eigenvalue weighted by atomic mass is 127. The van der Waals surface area contributed by atoms with Crippen molar-refractivity contribution < 1.29 is 14.5 Å². The lowest BCUT2D eigenvalue weighted by Crippen LogP contribution is -2.52. The van der Waals surface area contributed by atoms with E-state index in [0.717, 1.165) is 3.57 Å². The molecule has 0 aromatic heterocycles. The Morgan fingerprint density at radius 1 is 1.23 bits per heavy atom. The average Bonchev–Trinajstić information content (AvgIpc) is 2.74. The second-order valence-electron chi connectivity index (χ2n) is 6.47. The van der Waals surface area contributed by atoms with Gasteiger partial charge in [-0.05, 0) is 65.1 Å². The number of nitro benzene ring substituents is 1. The number of carbonyl (C=O) groups is 1. The first kappa shape index (κ1) is 22.5. The molecule has 0 radical (unpaired) electrons. The van der Waals surface area contributed by atoms with Crippen molar-refractivity contribution in [1.82, 2.24) is 10.2 Å². The van der Waals surface area contributed by atoms with Crippen LogP contribution in [0.4, 0.5) is 11.4 Å². The molecule has 1 heterocycles.